The number of hydrogen-bond donors (Lipinski definition) is 1. The lowest BCUT2D eigenvalue weighted by Gasteiger charge is -2.21. The lowest BCUT2D eigenvalue weighted by molar-refractivity contribution is 0.0783. The molecule has 0 unspecified atom stereocenters. The maximum absolute atomic E-state index is 13.0. The van der Waals surface area contributed by atoms with Crippen molar-refractivity contribution in [3.8, 4) is 11.3 Å². The number of aromatic nitrogens is 1. The van der Waals surface area contributed by atoms with Gasteiger partial charge in [-0.15, -0.1) is 0 Å². The Hall–Kier alpha value is -2.19. The summed E-state index contributed by atoms with van der Waals surface area (Å²) in [4.78, 5) is 14.7. The molecule has 1 aliphatic rings. The van der Waals surface area contributed by atoms with Crippen LogP contribution >= 0.6 is 0 Å². The van der Waals surface area contributed by atoms with Gasteiger partial charge in [0, 0.05) is 24.7 Å². The van der Waals surface area contributed by atoms with Gasteiger partial charge in [0.1, 0.15) is 17.5 Å². The van der Waals surface area contributed by atoms with Gasteiger partial charge in [0.15, 0.2) is 0 Å². The van der Waals surface area contributed by atoms with E-state index in [1.54, 1.807) is 4.90 Å². The molecule has 2 aromatic rings. The van der Waals surface area contributed by atoms with E-state index in [4.69, 9.17) is 4.52 Å². The van der Waals surface area contributed by atoms with E-state index in [0.717, 1.165) is 11.8 Å². The van der Waals surface area contributed by atoms with E-state index in [9.17, 15) is 13.2 Å². The number of nitrogens with one attached hydrogen (secondary N) is 1. The minimum atomic E-state index is -3.35. The summed E-state index contributed by atoms with van der Waals surface area (Å²) in [7, 11) is -3.35. The molecule has 140 valence electrons. The predicted octanol–water partition coefficient (Wildman–Crippen LogP) is 1.99. The van der Waals surface area contributed by atoms with Gasteiger partial charge in [-0.1, -0.05) is 49.3 Å². The fraction of sp³-hybridized carbons (Fsp3) is 0.444. The fourth-order valence-electron chi connectivity index (χ4n) is 3.43. The molecule has 3 rings (SSSR count). The first-order valence-electron chi connectivity index (χ1n) is 8.52. The Morgan fingerprint density at radius 1 is 1.27 bits per heavy atom. The molecule has 0 spiro atoms. The second-order valence-corrected chi connectivity index (χ2v) is 8.84. The zero-order valence-electron chi connectivity index (χ0n) is 15.0. The first-order valence-corrected chi connectivity index (χ1v) is 10.4. The van der Waals surface area contributed by atoms with Gasteiger partial charge in [-0.25, -0.2) is 13.1 Å². The minimum absolute atomic E-state index is 0.0497. The van der Waals surface area contributed by atoms with Gasteiger partial charge in [0.25, 0.3) is 5.91 Å². The van der Waals surface area contributed by atoms with Gasteiger partial charge in [-0.2, -0.15) is 0 Å². The van der Waals surface area contributed by atoms with Crippen molar-refractivity contribution < 1.29 is 17.7 Å². The quantitative estimate of drug-likeness (QED) is 0.860. The highest BCUT2D eigenvalue weighted by Crippen LogP contribution is 2.29. The Morgan fingerprint density at radius 3 is 2.58 bits per heavy atom. The standard InChI is InChI=1S/C18H23N3O4S/c1-12(2)14-9-21(10-16(14)20-26(3,23)24)18(22)15-11-25-19-17(15)13-7-5-4-6-8-13/h4-8,11-12,14,16,20H,9-10H2,1-3H3/t14-,16+/m0/s1. The fourth-order valence-corrected chi connectivity index (χ4v) is 4.23. The number of likely N-dealkylation sites (tertiary alicyclic amines) is 1. The van der Waals surface area contributed by atoms with Crippen LogP contribution in [-0.2, 0) is 10.0 Å². The molecule has 1 aliphatic heterocycles. The zero-order valence-corrected chi connectivity index (χ0v) is 15.9. The van der Waals surface area contributed by atoms with E-state index < -0.39 is 10.0 Å². The summed E-state index contributed by atoms with van der Waals surface area (Å²) in [6, 6.07) is 9.06. The number of rotatable bonds is 5. The third kappa shape index (κ3) is 3.96. The highest BCUT2D eigenvalue weighted by atomic mass is 32.2. The van der Waals surface area contributed by atoms with Crippen molar-refractivity contribution in [1.82, 2.24) is 14.8 Å². The lowest BCUT2D eigenvalue weighted by Crippen LogP contribution is -2.41. The van der Waals surface area contributed by atoms with Gasteiger partial charge in [-0.05, 0) is 11.8 Å². The predicted molar refractivity (Wildman–Crippen MR) is 97.9 cm³/mol. The summed E-state index contributed by atoms with van der Waals surface area (Å²) in [5.41, 5.74) is 1.69. The van der Waals surface area contributed by atoms with Gasteiger partial charge >= 0.3 is 0 Å². The van der Waals surface area contributed by atoms with Crippen LogP contribution in [0.3, 0.4) is 0 Å². The van der Waals surface area contributed by atoms with Crippen molar-refractivity contribution in [3.63, 3.8) is 0 Å². The number of amides is 1. The molecule has 7 nitrogen and oxygen atoms in total. The highest BCUT2D eigenvalue weighted by Gasteiger charge is 2.39. The summed E-state index contributed by atoms with van der Waals surface area (Å²) < 4.78 is 31.0. The number of sulfonamides is 1. The van der Waals surface area contributed by atoms with E-state index in [0.29, 0.717) is 24.3 Å². The second kappa shape index (κ2) is 7.20. The monoisotopic (exact) mass is 377 g/mol. The van der Waals surface area contributed by atoms with Crippen molar-refractivity contribution in [1.29, 1.82) is 0 Å². The highest BCUT2D eigenvalue weighted by molar-refractivity contribution is 7.88. The van der Waals surface area contributed by atoms with Crippen LogP contribution in [0, 0.1) is 11.8 Å². The van der Waals surface area contributed by atoms with Gasteiger partial charge in [-0.3, -0.25) is 4.79 Å². The molecule has 8 heteroatoms. The maximum atomic E-state index is 13.0. The van der Waals surface area contributed by atoms with Gasteiger partial charge < -0.3 is 9.42 Å². The molecule has 2 atom stereocenters. The largest absolute Gasteiger partial charge is 0.363 e. The SMILES string of the molecule is CC(C)[C@@H]1CN(C(=O)c2conc2-c2ccccc2)C[C@H]1NS(C)(=O)=O. The first-order chi connectivity index (χ1) is 12.3. The van der Waals surface area contributed by atoms with Crippen molar-refractivity contribution in [2.75, 3.05) is 19.3 Å². The number of carbonyl (C=O) groups excluding carboxylic acids is 1. The molecule has 1 amide bonds. The molecule has 1 aromatic heterocycles. The molecule has 0 saturated carbocycles. The van der Waals surface area contributed by atoms with Crippen LogP contribution in [0.4, 0.5) is 0 Å². The average Bonchev–Trinajstić information content (AvgIpc) is 3.20. The van der Waals surface area contributed by atoms with Crippen LogP contribution in [0.5, 0.6) is 0 Å². The Kier molecular flexibility index (Phi) is 5.15. The topological polar surface area (TPSA) is 92.5 Å². The Labute approximate surface area is 153 Å². The summed E-state index contributed by atoms with van der Waals surface area (Å²) in [5.74, 6) is 0.0883. The molecule has 2 heterocycles. The van der Waals surface area contributed by atoms with Gasteiger partial charge in [0.2, 0.25) is 10.0 Å². The van der Waals surface area contributed by atoms with Crippen LogP contribution in [0.25, 0.3) is 11.3 Å². The lowest BCUT2D eigenvalue weighted by atomic mass is 9.92. The van der Waals surface area contributed by atoms with Crippen molar-refractivity contribution in [2.45, 2.75) is 19.9 Å². The van der Waals surface area contributed by atoms with Crippen LogP contribution in [0.2, 0.25) is 0 Å². The number of hydrogen-bond acceptors (Lipinski definition) is 5. The molecule has 1 N–H and O–H groups in total. The number of benzene rings is 1. The molecule has 0 radical (unpaired) electrons. The summed E-state index contributed by atoms with van der Waals surface area (Å²) in [6.45, 7) is 4.88. The summed E-state index contributed by atoms with van der Waals surface area (Å²) in [5, 5.41) is 3.98. The molecule has 1 saturated heterocycles. The second-order valence-electron chi connectivity index (χ2n) is 7.06. The average molecular weight is 377 g/mol. The Balaban J connectivity index is 1.84. The third-order valence-electron chi connectivity index (χ3n) is 4.72. The molecule has 1 aromatic carbocycles. The van der Waals surface area contributed by atoms with E-state index in [1.807, 2.05) is 44.2 Å². The molecule has 0 bridgehead atoms. The third-order valence-corrected chi connectivity index (χ3v) is 5.45. The summed E-state index contributed by atoms with van der Waals surface area (Å²) in [6.07, 6.45) is 2.49. The van der Waals surface area contributed by atoms with E-state index >= 15 is 0 Å². The molecule has 0 aliphatic carbocycles. The first kappa shape index (κ1) is 18.6. The Bertz CT molecular complexity index is 877. The van der Waals surface area contributed by atoms with E-state index in [2.05, 4.69) is 9.88 Å². The molecular weight excluding hydrogens is 354 g/mol. The van der Waals surface area contributed by atoms with E-state index in [-0.39, 0.29) is 23.8 Å². The molecule has 26 heavy (non-hydrogen) atoms. The van der Waals surface area contributed by atoms with Crippen molar-refractivity contribution in [3.05, 3.63) is 42.2 Å². The van der Waals surface area contributed by atoms with Crippen LogP contribution in [0.1, 0.15) is 24.2 Å². The van der Waals surface area contributed by atoms with Crippen LogP contribution < -0.4 is 4.72 Å². The van der Waals surface area contributed by atoms with E-state index in [1.165, 1.54) is 6.26 Å². The minimum Gasteiger partial charge on any atom is -0.363 e. The summed E-state index contributed by atoms with van der Waals surface area (Å²) >= 11 is 0. The molecular formula is C18H23N3O4S. The zero-order chi connectivity index (χ0) is 18.9. The van der Waals surface area contributed by atoms with Crippen LogP contribution in [-0.4, -0.2) is 49.8 Å². The normalized spacial score (nSPS) is 20.7. The smallest absolute Gasteiger partial charge is 0.259 e. The number of carbonyl (C=O) groups is 1. The molecule has 1 fully saturated rings. The van der Waals surface area contributed by atoms with Crippen molar-refractivity contribution >= 4 is 15.9 Å². The Morgan fingerprint density at radius 2 is 1.96 bits per heavy atom. The maximum Gasteiger partial charge on any atom is 0.259 e. The van der Waals surface area contributed by atoms with Crippen molar-refractivity contribution in [2.24, 2.45) is 11.8 Å². The van der Waals surface area contributed by atoms with Gasteiger partial charge in [0.05, 0.1) is 6.26 Å². The van der Waals surface area contributed by atoms with Crippen LogP contribution in [0.15, 0.2) is 41.1 Å². The number of nitrogens with zero attached hydrogens (tertiary/aromatic N) is 2.